The maximum atomic E-state index is 12.0. The third kappa shape index (κ3) is 5.33. The van der Waals surface area contributed by atoms with E-state index in [0.717, 1.165) is 12.1 Å². The summed E-state index contributed by atoms with van der Waals surface area (Å²) in [7, 11) is 1.97. The third-order valence-corrected chi connectivity index (χ3v) is 2.58. The van der Waals surface area contributed by atoms with Crippen LogP contribution in [0, 0.1) is 5.41 Å². The number of hydrogen-bond donors (Lipinski definition) is 0. The molecule has 0 radical (unpaired) electrons. The van der Waals surface area contributed by atoms with Gasteiger partial charge < -0.3 is 0 Å². The average Bonchev–Trinajstić information content (AvgIpc) is 2.15. The summed E-state index contributed by atoms with van der Waals surface area (Å²) in [5.74, 6) is 0.133. The van der Waals surface area contributed by atoms with Gasteiger partial charge in [0.15, 0.2) is 5.78 Å². The molecule has 0 heterocycles. The third-order valence-electron chi connectivity index (χ3n) is 2.32. The molecule has 0 aliphatic carbocycles. The SMILES string of the molecule is CN(CC(=O)c1ccc(Cl)cc1)CC(C)(C)C. The molecule has 17 heavy (non-hydrogen) atoms. The lowest BCUT2D eigenvalue weighted by Gasteiger charge is -2.25. The van der Waals surface area contributed by atoms with E-state index in [4.69, 9.17) is 11.6 Å². The monoisotopic (exact) mass is 253 g/mol. The van der Waals surface area contributed by atoms with Gasteiger partial charge in [0.25, 0.3) is 0 Å². The molecule has 0 amide bonds. The van der Waals surface area contributed by atoms with Crippen molar-refractivity contribution < 1.29 is 4.79 Å². The Kier molecular flexibility index (Phi) is 4.72. The van der Waals surface area contributed by atoms with Crippen LogP contribution in [0.15, 0.2) is 24.3 Å². The molecular weight excluding hydrogens is 234 g/mol. The van der Waals surface area contributed by atoms with Gasteiger partial charge in [-0.1, -0.05) is 32.4 Å². The zero-order valence-corrected chi connectivity index (χ0v) is 11.7. The molecule has 0 bridgehead atoms. The van der Waals surface area contributed by atoms with Gasteiger partial charge in [-0.25, -0.2) is 0 Å². The number of carbonyl (C=O) groups is 1. The Morgan fingerprint density at radius 3 is 2.24 bits per heavy atom. The minimum atomic E-state index is 0.133. The first-order chi connectivity index (χ1) is 7.78. The lowest BCUT2D eigenvalue weighted by molar-refractivity contribution is 0.0927. The molecule has 1 aromatic carbocycles. The highest BCUT2D eigenvalue weighted by Crippen LogP contribution is 2.15. The van der Waals surface area contributed by atoms with Crippen molar-refractivity contribution in [1.29, 1.82) is 0 Å². The Hall–Kier alpha value is -0.860. The Labute approximate surface area is 109 Å². The molecule has 1 rings (SSSR count). The normalized spacial score (nSPS) is 11.9. The van der Waals surface area contributed by atoms with E-state index in [2.05, 4.69) is 25.7 Å². The van der Waals surface area contributed by atoms with Gasteiger partial charge in [-0.3, -0.25) is 9.69 Å². The van der Waals surface area contributed by atoms with Gasteiger partial charge in [0.1, 0.15) is 0 Å². The number of rotatable bonds is 4. The van der Waals surface area contributed by atoms with Crippen LogP contribution >= 0.6 is 11.6 Å². The molecule has 3 heteroatoms. The molecule has 0 aromatic heterocycles. The number of halogens is 1. The molecule has 0 N–H and O–H groups in total. The van der Waals surface area contributed by atoms with Crippen LogP contribution < -0.4 is 0 Å². The van der Waals surface area contributed by atoms with Crippen LogP contribution in [0.5, 0.6) is 0 Å². The van der Waals surface area contributed by atoms with E-state index in [1.54, 1.807) is 24.3 Å². The van der Waals surface area contributed by atoms with Crippen LogP contribution in [0.25, 0.3) is 0 Å². The fourth-order valence-corrected chi connectivity index (χ4v) is 1.96. The van der Waals surface area contributed by atoms with Crippen molar-refractivity contribution in [2.75, 3.05) is 20.1 Å². The number of ketones is 1. The number of benzene rings is 1. The highest BCUT2D eigenvalue weighted by molar-refractivity contribution is 6.30. The highest BCUT2D eigenvalue weighted by atomic mass is 35.5. The smallest absolute Gasteiger partial charge is 0.176 e. The Balaban J connectivity index is 2.57. The molecule has 0 unspecified atom stereocenters. The molecule has 0 aliphatic rings. The molecule has 2 nitrogen and oxygen atoms in total. The lowest BCUT2D eigenvalue weighted by atomic mass is 9.96. The quantitative estimate of drug-likeness (QED) is 0.766. The van der Waals surface area contributed by atoms with Crippen molar-refractivity contribution in [3.05, 3.63) is 34.9 Å². The number of carbonyl (C=O) groups excluding carboxylic acids is 1. The number of Topliss-reactive ketones (excluding diaryl/α,β-unsaturated/α-hetero) is 1. The van der Waals surface area contributed by atoms with Gasteiger partial charge in [0, 0.05) is 17.1 Å². The summed E-state index contributed by atoms with van der Waals surface area (Å²) >= 11 is 5.79. The second-order valence-corrected chi connectivity index (χ2v) is 6.10. The zero-order valence-electron chi connectivity index (χ0n) is 11.0. The Morgan fingerprint density at radius 2 is 1.76 bits per heavy atom. The molecular formula is C14H20ClNO. The minimum Gasteiger partial charge on any atom is -0.298 e. The first-order valence-electron chi connectivity index (χ1n) is 5.75. The molecule has 0 fully saturated rings. The van der Waals surface area contributed by atoms with E-state index < -0.39 is 0 Å². The van der Waals surface area contributed by atoms with Gasteiger partial charge in [-0.2, -0.15) is 0 Å². The van der Waals surface area contributed by atoms with E-state index in [0.29, 0.717) is 11.6 Å². The van der Waals surface area contributed by atoms with Crippen LogP contribution in [-0.4, -0.2) is 30.8 Å². The average molecular weight is 254 g/mol. The fraction of sp³-hybridized carbons (Fsp3) is 0.500. The maximum absolute atomic E-state index is 12.0. The van der Waals surface area contributed by atoms with Crippen molar-refractivity contribution in [3.63, 3.8) is 0 Å². The van der Waals surface area contributed by atoms with Crippen LogP contribution in [-0.2, 0) is 0 Å². The predicted molar refractivity (Wildman–Crippen MR) is 72.7 cm³/mol. The van der Waals surface area contributed by atoms with Crippen LogP contribution in [0.4, 0.5) is 0 Å². The summed E-state index contributed by atoms with van der Waals surface area (Å²) < 4.78 is 0. The number of nitrogens with zero attached hydrogens (tertiary/aromatic N) is 1. The first-order valence-corrected chi connectivity index (χ1v) is 6.13. The first kappa shape index (κ1) is 14.2. The van der Waals surface area contributed by atoms with E-state index in [9.17, 15) is 4.79 Å². The maximum Gasteiger partial charge on any atom is 0.176 e. The summed E-state index contributed by atoms with van der Waals surface area (Å²) in [6, 6.07) is 7.04. The number of hydrogen-bond acceptors (Lipinski definition) is 2. The summed E-state index contributed by atoms with van der Waals surface area (Å²) in [5, 5.41) is 0.657. The predicted octanol–water partition coefficient (Wildman–Crippen LogP) is 3.50. The molecule has 0 atom stereocenters. The van der Waals surface area contributed by atoms with Gasteiger partial charge in [-0.15, -0.1) is 0 Å². The molecule has 1 aromatic rings. The molecule has 0 saturated carbocycles. The molecule has 0 aliphatic heterocycles. The second kappa shape index (κ2) is 5.65. The van der Waals surface area contributed by atoms with E-state index in [-0.39, 0.29) is 11.2 Å². The largest absolute Gasteiger partial charge is 0.298 e. The molecule has 94 valence electrons. The van der Waals surface area contributed by atoms with Crippen LogP contribution in [0.1, 0.15) is 31.1 Å². The van der Waals surface area contributed by atoms with Crippen molar-refractivity contribution >= 4 is 17.4 Å². The minimum absolute atomic E-state index is 0.133. The number of likely N-dealkylation sites (N-methyl/N-ethyl adjacent to an activating group) is 1. The van der Waals surface area contributed by atoms with Gasteiger partial charge in [0.2, 0.25) is 0 Å². The summed E-state index contributed by atoms with van der Waals surface area (Å²) in [5.41, 5.74) is 0.921. The topological polar surface area (TPSA) is 20.3 Å². The Morgan fingerprint density at radius 1 is 1.24 bits per heavy atom. The highest BCUT2D eigenvalue weighted by Gasteiger charge is 2.16. The standard InChI is InChI=1S/C14H20ClNO/c1-14(2,3)10-16(4)9-13(17)11-5-7-12(15)8-6-11/h5-8H,9-10H2,1-4H3. The van der Waals surface area contributed by atoms with E-state index in [1.807, 2.05) is 7.05 Å². The lowest BCUT2D eigenvalue weighted by Crippen LogP contribution is -2.33. The molecule has 0 saturated heterocycles. The van der Waals surface area contributed by atoms with E-state index in [1.165, 1.54) is 0 Å². The van der Waals surface area contributed by atoms with Gasteiger partial charge in [0.05, 0.1) is 6.54 Å². The fourth-order valence-electron chi connectivity index (χ4n) is 1.84. The van der Waals surface area contributed by atoms with Crippen molar-refractivity contribution in [2.24, 2.45) is 5.41 Å². The summed E-state index contributed by atoms with van der Waals surface area (Å²) in [4.78, 5) is 14.0. The van der Waals surface area contributed by atoms with E-state index >= 15 is 0 Å². The second-order valence-electron chi connectivity index (χ2n) is 5.66. The van der Waals surface area contributed by atoms with Crippen molar-refractivity contribution in [3.8, 4) is 0 Å². The Bertz CT molecular complexity index is 378. The molecule has 0 spiro atoms. The van der Waals surface area contributed by atoms with Crippen molar-refractivity contribution in [2.45, 2.75) is 20.8 Å². The zero-order chi connectivity index (χ0) is 13.1. The van der Waals surface area contributed by atoms with Crippen LogP contribution in [0.2, 0.25) is 5.02 Å². The van der Waals surface area contributed by atoms with Gasteiger partial charge >= 0.3 is 0 Å². The van der Waals surface area contributed by atoms with Gasteiger partial charge in [-0.05, 0) is 36.7 Å². The summed E-state index contributed by atoms with van der Waals surface area (Å²) in [6.45, 7) is 7.83. The summed E-state index contributed by atoms with van der Waals surface area (Å²) in [6.07, 6.45) is 0. The van der Waals surface area contributed by atoms with Crippen LogP contribution in [0.3, 0.4) is 0 Å². The van der Waals surface area contributed by atoms with Crippen molar-refractivity contribution in [1.82, 2.24) is 4.90 Å².